The lowest BCUT2D eigenvalue weighted by Crippen LogP contribution is -2.48. The van der Waals surface area contributed by atoms with Crippen molar-refractivity contribution in [3.63, 3.8) is 0 Å². The Morgan fingerprint density at radius 1 is 0.939 bits per heavy atom. The maximum absolute atomic E-state index is 13.4. The number of ether oxygens (including phenoxy) is 3. The van der Waals surface area contributed by atoms with Crippen LogP contribution in [0.5, 0.6) is 17.2 Å². The molecule has 5 rings (SSSR count). The van der Waals surface area contributed by atoms with Crippen molar-refractivity contribution < 1.29 is 28.4 Å². The van der Waals surface area contributed by atoms with Crippen LogP contribution in [0.25, 0.3) is 10.8 Å². The number of carbonyl (C=O) groups excluding carboxylic acids is 2. The zero-order valence-electron chi connectivity index (χ0n) is 29.4. The van der Waals surface area contributed by atoms with Gasteiger partial charge in [-0.05, 0) is 68.5 Å². The van der Waals surface area contributed by atoms with Crippen molar-refractivity contribution >= 4 is 52.3 Å². The molecule has 3 aromatic carbocycles. The topological polar surface area (TPSA) is 131 Å². The summed E-state index contributed by atoms with van der Waals surface area (Å²) in [6.45, 7) is 15.2. The summed E-state index contributed by atoms with van der Waals surface area (Å²) < 4.78 is 30.9. The number of morpholine rings is 1. The Hall–Kier alpha value is -4.44. The lowest BCUT2D eigenvalue weighted by Gasteiger charge is -2.34. The fourth-order valence-corrected chi connectivity index (χ4v) is 7.12. The number of anilines is 3. The highest BCUT2D eigenvalue weighted by molar-refractivity contribution is 7.70. The number of hydrogen-bond acceptors (Lipinski definition) is 8. The van der Waals surface area contributed by atoms with Crippen molar-refractivity contribution in [1.82, 2.24) is 9.88 Å². The van der Waals surface area contributed by atoms with Gasteiger partial charge in [0.1, 0.15) is 24.5 Å². The lowest BCUT2D eigenvalue weighted by molar-refractivity contribution is -0.121. The zero-order chi connectivity index (χ0) is 35.5. The number of pyridine rings is 1. The van der Waals surface area contributed by atoms with Crippen LogP contribution in [-0.4, -0.2) is 74.1 Å². The van der Waals surface area contributed by atoms with E-state index in [1.54, 1.807) is 43.8 Å². The quantitative estimate of drug-likeness (QED) is 0.157. The summed E-state index contributed by atoms with van der Waals surface area (Å²) in [5.74, 6) is 1.65. The van der Waals surface area contributed by atoms with Gasteiger partial charge in [-0.2, -0.15) is 0 Å². The maximum Gasteiger partial charge on any atom is 0.323 e. The fraction of sp³-hybridized carbons (Fsp3) is 0.378. The molecule has 0 bridgehead atoms. The molecule has 2 heterocycles. The number of nitrogens with one attached hydrogen (secondary N) is 3. The number of nitrogens with zero attached hydrogens (tertiary/aromatic N) is 2. The molecule has 260 valence electrons. The summed E-state index contributed by atoms with van der Waals surface area (Å²) in [7, 11) is -1.23. The molecule has 1 aliphatic rings. The van der Waals surface area contributed by atoms with Crippen molar-refractivity contribution in [3.8, 4) is 17.2 Å². The van der Waals surface area contributed by atoms with E-state index in [-0.39, 0.29) is 30.1 Å². The number of urea groups is 1. The number of hydrogen-bond donors (Lipinski definition) is 3. The van der Waals surface area contributed by atoms with Crippen molar-refractivity contribution in [2.75, 3.05) is 56.0 Å². The Balaban J connectivity index is 1.33. The smallest absolute Gasteiger partial charge is 0.323 e. The number of amides is 3. The third-order valence-corrected chi connectivity index (χ3v) is 9.68. The molecule has 1 aromatic heterocycles. The van der Waals surface area contributed by atoms with E-state index in [4.69, 9.17) is 14.2 Å². The predicted octanol–water partition coefficient (Wildman–Crippen LogP) is 7.27. The van der Waals surface area contributed by atoms with Gasteiger partial charge in [-0.3, -0.25) is 9.69 Å². The first-order valence-electron chi connectivity index (χ1n) is 16.3. The van der Waals surface area contributed by atoms with Gasteiger partial charge in [-0.1, -0.05) is 45.0 Å². The van der Waals surface area contributed by atoms with Gasteiger partial charge in [-0.25, -0.2) is 9.78 Å². The first-order chi connectivity index (χ1) is 23.1. The Kier molecular flexibility index (Phi) is 10.7. The van der Waals surface area contributed by atoms with Gasteiger partial charge >= 0.3 is 6.03 Å². The van der Waals surface area contributed by atoms with Crippen LogP contribution in [-0.2, 0) is 19.5 Å². The molecule has 2 atom stereocenters. The molecule has 11 nitrogen and oxygen atoms in total. The second kappa shape index (κ2) is 14.6. The van der Waals surface area contributed by atoms with Crippen LogP contribution >= 0.6 is 7.14 Å². The zero-order valence-corrected chi connectivity index (χ0v) is 30.3. The van der Waals surface area contributed by atoms with Gasteiger partial charge in [-0.15, -0.1) is 0 Å². The normalized spacial score (nSPS) is 17.0. The summed E-state index contributed by atoms with van der Waals surface area (Å²) in [5, 5.41) is 10.9. The van der Waals surface area contributed by atoms with Gasteiger partial charge in [0.05, 0.1) is 42.5 Å². The van der Waals surface area contributed by atoms with Crippen molar-refractivity contribution in [1.29, 1.82) is 0 Å². The van der Waals surface area contributed by atoms with Gasteiger partial charge < -0.3 is 34.7 Å². The van der Waals surface area contributed by atoms with E-state index in [9.17, 15) is 14.2 Å². The van der Waals surface area contributed by atoms with Crippen molar-refractivity contribution in [2.45, 2.75) is 52.2 Å². The van der Waals surface area contributed by atoms with Crippen LogP contribution in [0, 0.1) is 0 Å². The maximum atomic E-state index is 13.4. The third-order valence-electron chi connectivity index (χ3n) is 8.19. The van der Waals surface area contributed by atoms with E-state index >= 15 is 0 Å². The molecule has 0 saturated carbocycles. The SMILES string of the molecule is COc1c(NC(=O)Nc2ccc(Oc3ccnc(NC(=O)CN4C[C@@H](C)O[C@@H](C)C4)c3)c3ccccc23)cc(C(C)(C)C)cc1P(C)(C)=O. The first kappa shape index (κ1) is 35.9. The number of rotatable bonds is 9. The minimum absolute atomic E-state index is 0.0674. The molecule has 0 spiro atoms. The molecule has 0 aliphatic carbocycles. The summed E-state index contributed by atoms with van der Waals surface area (Å²) in [6.07, 6.45) is 1.71. The molecule has 3 amide bonds. The lowest BCUT2D eigenvalue weighted by atomic mass is 9.86. The third kappa shape index (κ3) is 8.97. The Morgan fingerprint density at radius 3 is 2.27 bits per heavy atom. The second-order valence-corrected chi connectivity index (χ2v) is 17.1. The Morgan fingerprint density at radius 2 is 1.61 bits per heavy atom. The molecule has 1 fully saturated rings. The van der Waals surface area contributed by atoms with Crippen molar-refractivity contribution in [3.05, 3.63) is 72.4 Å². The molecule has 49 heavy (non-hydrogen) atoms. The average molecular weight is 688 g/mol. The van der Waals surface area contributed by atoms with Crippen LogP contribution in [0.2, 0.25) is 0 Å². The number of fused-ring (bicyclic) bond motifs is 1. The molecular weight excluding hydrogens is 641 g/mol. The second-order valence-electron chi connectivity index (χ2n) is 13.9. The largest absolute Gasteiger partial charge is 0.494 e. The summed E-state index contributed by atoms with van der Waals surface area (Å²) >= 11 is 0. The highest BCUT2D eigenvalue weighted by Gasteiger charge is 2.27. The first-order valence-corrected chi connectivity index (χ1v) is 18.9. The molecule has 0 unspecified atom stereocenters. The minimum atomic E-state index is -2.74. The van der Waals surface area contributed by atoms with Gasteiger partial charge in [0.25, 0.3) is 0 Å². The fourth-order valence-electron chi connectivity index (χ4n) is 5.97. The van der Waals surface area contributed by atoms with Gasteiger partial charge in [0, 0.05) is 36.1 Å². The van der Waals surface area contributed by atoms with Gasteiger partial charge in [0.2, 0.25) is 5.91 Å². The van der Waals surface area contributed by atoms with E-state index in [1.165, 1.54) is 7.11 Å². The number of aromatic nitrogens is 1. The molecule has 3 N–H and O–H groups in total. The number of methoxy groups -OCH3 is 1. The molecular formula is C37H46N5O6P. The standard InChI is InChI=1S/C37H46N5O6P/c1-23-20-42(21-24(2)47-23)22-34(43)41-33-19-26(15-16-38-33)48-31-14-13-29(27-11-9-10-12-28(27)31)39-36(44)40-30-17-25(37(3,4)5)18-32(35(30)46-6)49(7,8)45/h9-19,23-24H,20-22H2,1-8H3,(H,38,41,43)(H2,39,40,44)/t23-,24+. The predicted molar refractivity (Wildman–Crippen MR) is 197 cm³/mol. The molecule has 12 heteroatoms. The van der Waals surface area contributed by atoms with E-state index in [1.807, 2.05) is 50.2 Å². The van der Waals surface area contributed by atoms with E-state index in [2.05, 4.69) is 46.6 Å². The number of carbonyl (C=O) groups is 2. The summed E-state index contributed by atoms with van der Waals surface area (Å²) in [5.41, 5.74) is 1.68. The molecule has 4 aromatic rings. The highest BCUT2D eigenvalue weighted by Crippen LogP contribution is 2.43. The monoisotopic (exact) mass is 687 g/mol. The molecule has 1 aliphatic heterocycles. The number of benzene rings is 3. The Labute approximate surface area is 288 Å². The minimum Gasteiger partial charge on any atom is -0.494 e. The van der Waals surface area contributed by atoms with E-state index in [0.29, 0.717) is 52.8 Å². The van der Waals surface area contributed by atoms with Crippen LogP contribution in [0.1, 0.15) is 40.2 Å². The van der Waals surface area contributed by atoms with Crippen molar-refractivity contribution in [2.24, 2.45) is 0 Å². The van der Waals surface area contributed by atoms with Crippen LogP contribution in [0.3, 0.4) is 0 Å². The van der Waals surface area contributed by atoms with Gasteiger partial charge in [0.15, 0.2) is 5.75 Å². The molecule has 0 radical (unpaired) electrons. The molecule has 1 saturated heterocycles. The van der Waals surface area contributed by atoms with E-state index < -0.39 is 13.2 Å². The summed E-state index contributed by atoms with van der Waals surface area (Å²) in [4.78, 5) is 32.6. The highest BCUT2D eigenvalue weighted by atomic mass is 31.2. The Bertz CT molecular complexity index is 1890. The average Bonchev–Trinajstić information content (AvgIpc) is 3.00. The van der Waals surface area contributed by atoms with E-state index in [0.717, 1.165) is 16.3 Å². The van der Waals surface area contributed by atoms with Crippen LogP contribution < -0.4 is 30.7 Å². The van der Waals surface area contributed by atoms with Crippen LogP contribution in [0.4, 0.5) is 22.0 Å². The summed E-state index contributed by atoms with van der Waals surface area (Å²) in [6, 6.07) is 17.8. The van der Waals surface area contributed by atoms with Crippen LogP contribution in [0.15, 0.2) is 66.9 Å².